The van der Waals surface area contributed by atoms with Gasteiger partial charge in [0, 0.05) is 35.6 Å². The minimum absolute atomic E-state index is 0.00521. The Morgan fingerprint density at radius 3 is 1.93 bits per heavy atom. The van der Waals surface area contributed by atoms with Gasteiger partial charge in [0.05, 0.1) is 27.7 Å². The lowest BCUT2D eigenvalue weighted by atomic mass is 10.2. The predicted molar refractivity (Wildman–Crippen MR) is 221 cm³/mol. The Balaban J connectivity index is 1.00. The summed E-state index contributed by atoms with van der Waals surface area (Å²) in [6, 6.07) is 40.5. The highest BCUT2D eigenvalue weighted by molar-refractivity contribution is 7.93. The fraction of sp³-hybridized carbons (Fsp3) is 0.116. The number of rotatable bonds is 14. The van der Waals surface area contributed by atoms with Crippen LogP contribution in [0.2, 0.25) is 0 Å². The van der Waals surface area contributed by atoms with E-state index < -0.39 is 26.0 Å². The van der Waals surface area contributed by atoms with E-state index in [9.17, 15) is 26.4 Å². The Morgan fingerprint density at radius 1 is 0.655 bits per heavy atom. The standard InChI is InChI=1S/C43H38N4O9S2/c1-46(34-10-4-2-5-11-34)43(49)32-18-22-36(23-19-32)58(52,53)47(35-12-6-3-7-13-35)26-27-54-39-15-9-8-14-38(39)44-42(48)31-16-20-33(21-17-31)45-57(50,51)37-24-25-40-41(30-37)56-29-28-55-40/h2-25,30,45H,26-29H2,1H3,(H,44,48). The van der Waals surface area contributed by atoms with Gasteiger partial charge in [-0.25, -0.2) is 16.8 Å². The topological polar surface area (TPSA) is 161 Å². The van der Waals surface area contributed by atoms with Crippen molar-refractivity contribution in [1.82, 2.24) is 0 Å². The van der Waals surface area contributed by atoms with Crippen molar-refractivity contribution in [2.75, 3.05) is 52.7 Å². The summed E-state index contributed by atoms with van der Waals surface area (Å²) in [5.74, 6) is 0.338. The van der Waals surface area contributed by atoms with Crippen LogP contribution in [-0.4, -0.2) is 62.1 Å². The van der Waals surface area contributed by atoms with Crippen LogP contribution in [0.5, 0.6) is 17.2 Å². The molecule has 0 atom stereocenters. The zero-order chi connectivity index (χ0) is 40.7. The van der Waals surface area contributed by atoms with E-state index >= 15 is 0 Å². The quantitative estimate of drug-likeness (QED) is 0.117. The van der Waals surface area contributed by atoms with Crippen LogP contribution >= 0.6 is 0 Å². The Morgan fingerprint density at radius 2 is 1.24 bits per heavy atom. The van der Waals surface area contributed by atoms with E-state index in [2.05, 4.69) is 10.0 Å². The summed E-state index contributed by atoms with van der Waals surface area (Å²) in [5.41, 5.74) is 2.27. The molecular weight excluding hydrogens is 781 g/mol. The number of nitrogens with zero attached hydrogens (tertiary/aromatic N) is 2. The van der Waals surface area contributed by atoms with E-state index in [0.29, 0.717) is 53.1 Å². The third-order valence-electron chi connectivity index (χ3n) is 9.09. The molecule has 0 bridgehead atoms. The Bertz CT molecular complexity index is 2630. The van der Waals surface area contributed by atoms with Crippen molar-refractivity contribution >= 4 is 54.6 Å². The summed E-state index contributed by atoms with van der Waals surface area (Å²) < 4.78 is 75.1. The molecule has 1 aliphatic heterocycles. The van der Waals surface area contributed by atoms with E-state index in [0.717, 1.165) is 0 Å². The molecule has 0 aromatic heterocycles. The first-order chi connectivity index (χ1) is 28.0. The van der Waals surface area contributed by atoms with Crippen LogP contribution in [0.3, 0.4) is 0 Å². The largest absolute Gasteiger partial charge is 0.490 e. The van der Waals surface area contributed by atoms with Crippen LogP contribution in [0, 0.1) is 0 Å². The van der Waals surface area contributed by atoms with Gasteiger partial charge in [0.15, 0.2) is 11.5 Å². The zero-order valence-electron chi connectivity index (χ0n) is 31.1. The Labute approximate surface area is 336 Å². The average molecular weight is 819 g/mol. The van der Waals surface area contributed by atoms with Gasteiger partial charge in [-0.2, -0.15) is 0 Å². The molecule has 1 aliphatic rings. The number of carbonyl (C=O) groups excluding carboxylic acids is 2. The van der Waals surface area contributed by atoms with Gasteiger partial charge in [0.1, 0.15) is 25.6 Å². The first-order valence-corrected chi connectivity index (χ1v) is 21.0. The van der Waals surface area contributed by atoms with Crippen LogP contribution in [-0.2, 0) is 20.0 Å². The monoisotopic (exact) mass is 818 g/mol. The highest BCUT2D eigenvalue weighted by atomic mass is 32.2. The molecule has 296 valence electrons. The molecule has 0 unspecified atom stereocenters. The summed E-state index contributed by atoms with van der Waals surface area (Å²) in [4.78, 5) is 27.9. The van der Waals surface area contributed by atoms with Crippen molar-refractivity contribution in [2.45, 2.75) is 9.79 Å². The molecule has 15 heteroatoms. The first kappa shape index (κ1) is 39.4. The van der Waals surface area contributed by atoms with E-state index in [1.807, 2.05) is 30.3 Å². The van der Waals surface area contributed by atoms with Gasteiger partial charge >= 0.3 is 0 Å². The summed E-state index contributed by atoms with van der Waals surface area (Å²) >= 11 is 0. The van der Waals surface area contributed by atoms with E-state index in [1.165, 1.54) is 75.9 Å². The number of hydrogen-bond acceptors (Lipinski definition) is 9. The SMILES string of the molecule is CN(C(=O)c1ccc(S(=O)(=O)N(CCOc2ccccc2NC(=O)c2ccc(NS(=O)(=O)c3ccc4c(c3)OCCO4)cc2)c2ccccc2)cc1)c1ccccc1. The molecule has 58 heavy (non-hydrogen) atoms. The van der Waals surface area contributed by atoms with Crippen molar-refractivity contribution < 1.29 is 40.6 Å². The smallest absolute Gasteiger partial charge is 0.264 e. The van der Waals surface area contributed by atoms with E-state index in [4.69, 9.17) is 14.2 Å². The van der Waals surface area contributed by atoms with Crippen molar-refractivity contribution in [3.8, 4) is 17.2 Å². The number of para-hydroxylation sites is 4. The van der Waals surface area contributed by atoms with Crippen LogP contribution in [0.25, 0.3) is 0 Å². The normalized spacial score (nSPS) is 12.2. The lowest BCUT2D eigenvalue weighted by Crippen LogP contribution is -2.35. The molecule has 2 N–H and O–H groups in total. The maximum Gasteiger partial charge on any atom is 0.264 e. The summed E-state index contributed by atoms with van der Waals surface area (Å²) in [5, 5.41) is 2.82. The molecular formula is C43H38N4O9S2. The predicted octanol–water partition coefficient (Wildman–Crippen LogP) is 7.06. The lowest BCUT2D eigenvalue weighted by molar-refractivity contribution is 0.0991. The van der Waals surface area contributed by atoms with Gasteiger partial charge in [0.2, 0.25) is 0 Å². The molecule has 0 aliphatic carbocycles. The van der Waals surface area contributed by atoms with Crippen molar-refractivity contribution in [3.63, 3.8) is 0 Å². The molecule has 13 nitrogen and oxygen atoms in total. The molecule has 0 fully saturated rings. The maximum atomic E-state index is 14.1. The second-order valence-corrected chi connectivity index (χ2v) is 16.5. The van der Waals surface area contributed by atoms with Gasteiger partial charge in [-0.3, -0.25) is 18.6 Å². The third-order valence-corrected chi connectivity index (χ3v) is 12.3. The highest BCUT2D eigenvalue weighted by Gasteiger charge is 2.26. The van der Waals surface area contributed by atoms with Crippen molar-refractivity contribution in [1.29, 1.82) is 0 Å². The lowest BCUT2D eigenvalue weighted by Gasteiger charge is -2.25. The number of nitrogens with one attached hydrogen (secondary N) is 2. The number of amides is 2. The van der Waals surface area contributed by atoms with Crippen LogP contribution in [0.15, 0.2) is 161 Å². The van der Waals surface area contributed by atoms with Crippen molar-refractivity contribution in [3.05, 3.63) is 163 Å². The summed E-state index contributed by atoms with van der Waals surface area (Å²) in [6.07, 6.45) is 0. The highest BCUT2D eigenvalue weighted by Crippen LogP contribution is 2.33. The second-order valence-electron chi connectivity index (χ2n) is 12.9. The number of fused-ring (bicyclic) bond motifs is 1. The molecule has 2 amide bonds. The molecule has 6 aromatic rings. The number of benzene rings is 6. The molecule has 0 saturated carbocycles. The minimum atomic E-state index is -4.12. The third kappa shape index (κ3) is 8.90. The van der Waals surface area contributed by atoms with Crippen molar-refractivity contribution in [2.24, 2.45) is 0 Å². The molecule has 0 spiro atoms. The van der Waals surface area contributed by atoms with Gasteiger partial charge in [-0.15, -0.1) is 0 Å². The summed E-state index contributed by atoms with van der Waals surface area (Å²) in [6.45, 7) is 0.526. The fourth-order valence-corrected chi connectivity index (χ4v) is 8.59. The minimum Gasteiger partial charge on any atom is -0.490 e. The maximum absolute atomic E-state index is 14.1. The number of ether oxygens (including phenoxy) is 3. The second kappa shape index (κ2) is 17.1. The number of carbonyl (C=O) groups is 2. The van der Waals surface area contributed by atoms with Crippen LogP contribution in [0.4, 0.5) is 22.7 Å². The summed E-state index contributed by atoms with van der Waals surface area (Å²) in [7, 11) is -6.43. The van der Waals surface area contributed by atoms with Gasteiger partial charge in [-0.1, -0.05) is 48.5 Å². The Kier molecular flexibility index (Phi) is 11.6. The molecule has 0 saturated heterocycles. The van der Waals surface area contributed by atoms with Crippen LogP contribution in [0.1, 0.15) is 20.7 Å². The van der Waals surface area contributed by atoms with Gasteiger partial charge < -0.3 is 24.4 Å². The van der Waals surface area contributed by atoms with Crippen LogP contribution < -0.4 is 33.5 Å². The molecule has 7 rings (SSSR count). The first-order valence-electron chi connectivity index (χ1n) is 18.1. The molecule has 1 heterocycles. The average Bonchev–Trinajstić information content (AvgIpc) is 3.25. The number of sulfonamides is 2. The fourth-order valence-electron chi connectivity index (χ4n) is 6.06. The number of hydrogen-bond donors (Lipinski definition) is 2. The van der Waals surface area contributed by atoms with Gasteiger partial charge in [0.25, 0.3) is 31.9 Å². The van der Waals surface area contributed by atoms with Gasteiger partial charge in [-0.05, 0) is 97.1 Å². The molecule has 0 radical (unpaired) electrons. The zero-order valence-corrected chi connectivity index (χ0v) is 32.8. The molecule has 6 aromatic carbocycles. The Hall–Kier alpha value is -6.84. The van der Waals surface area contributed by atoms with E-state index in [1.54, 1.807) is 61.6 Å². The number of anilines is 4. The van der Waals surface area contributed by atoms with E-state index in [-0.39, 0.29) is 40.1 Å².